The van der Waals surface area contributed by atoms with Gasteiger partial charge in [0.1, 0.15) is 10.6 Å². The Labute approximate surface area is 196 Å². The molecule has 0 atom stereocenters. The summed E-state index contributed by atoms with van der Waals surface area (Å²) in [6, 6.07) is 26.3. The van der Waals surface area contributed by atoms with Crippen molar-refractivity contribution in [1.82, 2.24) is 10.3 Å². The number of fused-ring (bicyclic) bond motifs is 3. The van der Waals surface area contributed by atoms with Crippen molar-refractivity contribution in [2.75, 3.05) is 13.7 Å². The molecule has 5 rings (SSSR count). The number of methoxy groups -OCH3 is 1. The van der Waals surface area contributed by atoms with Crippen molar-refractivity contribution < 1.29 is 9.53 Å². The average molecular weight is 453 g/mol. The highest BCUT2D eigenvalue weighted by atomic mass is 32.1. The molecule has 164 valence electrons. The van der Waals surface area contributed by atoms with E-state index in [1.54, 1.807) is 7.11 Å². The number of pyridine rings is 1. The molecule has 0 bridgehead atoms. The zero-order valence-corrected chi connectivity index (χ0v) is 19.2. The van der Waals surface area contributed by atoms with Crippen molar-refractivity contribution in [1.29, 1.82) is 0 Å². The van der Waals surface area contributed by atoms with E-state index in [-0.39, 0.29) is 5.91 Å². The van der Waals surface area contributed by atoms with Gasteiger partial charge >= 0.3 is 0 Å². The van der Waals surface area contributed by atoms with Crippen LogP contribution in [0.4, 0.5) is 0 Å². The first-order valence-electron chi connectivity index (χ1n) is 11.0. The Morgan fingerprint density at radius 2 is 1.73 bits per heavy atom. The van der Waals surface area contributed by atoms with Gasteiger partial charge in [-0.25, -0.2) is 0 Å². The van der Waals surface area contributed by atoms with Crippen molar-refractivity contribution in [3.63, 3.8) is 0 Å². The van der Waals surface area contributed by atoms with Crippen LogP contribution in [0.3, 0.4) is 0 Å². The summed E-state index contributed by atoms with van der Waals surface area (Å²) in [6.45, 7) is 0.628. The van der Waals surface area contributed by atoms with Gasteiger partial charge in [0.15, 0.2) is 0 Å². The number of aryl methyl sites for hydroxylation is 1. The fourth-order valence-electron chi connectivity index (χ4n) is 4.11. The lowest BCUT2D eigenvalue weighted by molar-refractivity contribution is 0.0958. The van der Waals surface area contributed by atoms with E-state index in [0.717, 1.165) is 50.7 Å². The Kier molecular flexibility index (Phi) is 6.05. The standard InChI is InChI=1S/C28H24N2O2S/c1-32-21-14-15-24-22(17-21)26-23(18-30-24)25(20-12-6-3-7-13-20)27(33-26)28(31)29-16-8-11-19-9-4-2-5-10-19/h2-7,9-10,12-15,17-18H,8,11,16H2,1H3,(H,29,31). The van der Waals surface area contributed by atoms with E-state index >= 15 is 0 Å². The van der Waals surface area contributed by atoms with Gasteiger partial charge in [-0.15, -0.1) is 11.3 Å². The number of thiophene rings is 1. The Morgan fingerprint density at radius 3 is 2.48 bits per heavy atom. The number of nitrogens with zero attached hydrogens (tertiary/aromatic N) is 1. The normalized spacial score (nSPS) is 11.1. The molecular formula is C28H24N2O2S. The minimum atomic E-state index is -0.0424. The van der Waals surface area contributed by atoms with Gasteiger partial charge in [-0.1, -0.05) is 60.7 Å². The zero-order valence-electron chi connectivity index (χ0n) is 18.4. The minimum absolute atomic E-state index is 0.0424. The van der Waals surface area contributed by atoms with Crippen LogP contribution < -0.4 is 10.1 Å². The molecule has 0 aliphatic heterocycles. The number of rotatable bonds is 7. The van der Waals surface area contributed by atoms with Gasteiger partial charge in [-0.3, -0.25) is 9.78 Å². The molecule has 33 heavy (non-hydrogen) atoms. The lowest BCUT2D eigenvalue weighted by Crippen LogP contribution is -2.24. The predicted molar refractivity (Wildman–Crippen MR) is 136 cm³/mol. The molecule has 1 N–H and O–H groups in total. The maximum absolute atomic E-state index is 13.3. The first kappa shape index (κ1) is 21.2. The first-order valence-corrected chi connectivity index (χ1v) is 11.8. The van der Waals surface area contributed by atoms with Crippen molar-refractivity contribution in [2.24, 2.45) is 0 Å². The van der Waals surface area contributed by atoms with Gasteiger partial charge < -0.3 is 10.1 Å². The zero-order chi connectivity index (χ0) is 22.6. The number of benzene rings is 3. The molecule has 0 fully saturated rings. The van der Waals surface area contributed by atoms with Crippen LogP contribution in [-0.2, 0) is 6.42 Å². The summed E-state index contributed by atoms with van der Waals surface area (Å²) >= 11 is 1.52. The molecule has 3 aromatic carbocycles. The lowest BCUT2D eigenvalue weighted by atomic mass is 10.0. The van der Waals surface area contributed by atoms with Gasteiger partial charge in [-0.2, -0.15) is 0 Å². The highest BCUT2D eigenvalue weighted by Gasteiger charge is 2.21. The van der Waals surface area contributed by atoms with E-state index in [1.807, 2.05) is 72.9 Å². The molecular weight excluding hydrogens is 428 g/mol. The molecule has 0 radical (unpaired) electrons. The van der Waals surface area contributed by atoms with Crippen LogP contribution in [0.5, 0.6) is 5.75 Å². The summed E-state index contributed by atoms with van der Waals surface area (Å²) in [5.74, 6) is 0.734. The third-order valence-corrected chi connectivity index (χ3v) is 7.00. The minimum Gasteiger partial charge on any atom is -0.497 e. The fraction of sp³-hybridized carbons (Fsp3) is 0.143. The molecule has 0 spiro atoms. The van der Waals surface area contributed by atoms with Crippen LogP contribution in [0.1, 0.15) is 21.7 Å². The highest BCUT2D eigenvalue weighted by molar-refractivity contribution is 7.22. The maximum atomic E-state index is 13.3. The molecule has 0 saturated heterocycles. The van der Waals surface area contributed by atoms with Crippen molar-refractivity contribution in [3.8, 4) is 16.9 Å². The van der Waals surface area contributed by atoms with E-state index in [1.165, 1.54) is 16.9 Å². The summed E-state index contributed by atoms with van der Waals surface area (Å²) in [7, 11) is 1.66. The number of hydrogen-bond donors (Lipinski definition) is 1. The van der Waals surface area contributed by atoms with E-state index < -0.39 is 0 Å². The molecule has 5 aromatic rings. The van der Waals surface area contributed by atoms with Gasteiger partial charge in [0.25, 0.3) is 5.91 Å². The summed E-state index contributed by atoms with van der Waals surface area (Å²) in [6.07, 6.45) is 3.71. The quantitative estimate of drug-likeness (QED) is 0.287. The molecule has 2 heterocycles. The second kappa shape index (κ2) is 9.43. The first-order chi connectivity index (χ1) is 16.2. The van der Waals surface area contributed by atoms with Gasteiger partial charge in [0.2, 0.25) is 0 Å². The SMILES string of the molecule is COc1ccc2ncc3c(-c4ccccc4)c(C(=O)NCCCc4ccccc4)sc3c2c1. The number of carbonyl (C=O) groups excluding carboxylic acids is 1. The highest BCUT2D eigenvalue weighted by Crippen LogP contribution is 2.42. The second-order valence-corrected chi connectivity index (χ2v) is 8.92. The molecule has 0 unspecified atom stereocenters. The second-order valence-electron chi connectivity index (χ2n) is 7.90. The molecule has 0 aliphatic rings. The van der Waals surface area contributed by atoms with Crippen molar-refractivity contribution in [3.05, 3.63) is 95.5 Å². The van der Waals surface area contributed by atoms with Crippen LogP contribution in [0.15, 0.2) is 85.1 Å². The Bertz CT molecular complexity index is 1410. The summed E-state index contributed by atoms with van der Waals surface area (Å²) < 4.78 is 6.49. The molecule has 2 aromatic heterocycles. The van der Waals surface area contributed by atoms with E-state index in [9.17, 15) is 4.79 Å². The number of aromatic nitrogens is 1. The smallest absolute Gasteiger partial charge is 0.262 e. The lowest BCUT2D eigenvalue weighted by Gasteiger charge is -2.07. The van der Waals surface area contributed by atoms with E-state index in [4.69, 9.17) is 4.74 Å². The number of ether oxygens (including phenoxy) is 1. The summed E-state index contributed by atoms with van der Waals surface area (Å²) in [4.78, 5) is 18.7. The van der Waals surface area contributed by atoms with E-state index in [0.29, 0.717) is 11.4 Å². The number of carbonyl (C=O) groups is 1. The molecule has 0 saturated carbocycles. The fourth-order valence-corrected chi connectivity index (χ4v) is 5.35. The number of nitrogens with one attached hydrogen (secondary N) is 1. The van der Waals surface area contributed by atoms with Crippen LogP contribution >= 0.6 is 11.3 Å². The molecule has 1 amide bonds. The molecule has 4 nitrogen and oxygen atoms in total. The van der Waals surface area contributed by atoms with Crippen molar-refractivity contribution in [2.45, 2.75) is 12.8 Å². The third kappa shape index (κ3) is 4.32. The van der Waals surface area contributed by atoms with Crippen LogP contribution in [0.25, 0.3) is 32.1 Å². The van der Waals surface area contributed by atoms with Crippen LogP contribution in [-0.4, -0.2) is 24.5 Å². The van der Waals surface area contributed by atoms with Crippen LogP contribution in [0, 0.1) is 0 Å². The molecule has 0 aliphatic carbocycles. The Morgan fingerprint density at radius 1 is 0.970 bits per heavy atom. The van der Waals surface area contributed by atoms with Gasteiger partial charge in [0.05, 0.1) is 12.6 Å². The third-order valence-electron chi connectivity index (χ3n) is 5.77. The van der Waals surface area contributed by atoms with Crippen LogP contribution in [0.2, 0.25) is 0 Å². The number of hydrogen-bond acceptors (Lipinski definition) is 4. The van der Waals surface area contributed by atoms with E-state index in [2.05, 4.69) is 22.4 Å². The monoisotopic (exact) mass is 452 g/mol. The summed E-state index contributed by atoms with van der Waals surface area (Å²) in [5.41, 5.74) is 4.12. The topological polar surface area (TPSA) is 51.2 Å². The average Bonchev–Trinajstić information content (AvgIpc) is 3.27. The predicted octanol–water partition coefficient (Wildman–Crippen LogP) is 6.49. The van der Waals surface area contributed by atoms with Gasteiger partial charge in [-0.05, 0) is 42.2 Å². The molecule has 5 heteroatoms. The van der Waals surface area contributed by atoms with Crippen molar-refractivity contribution >= 4 is 38.2 Å². The maximum Gasteiger partial charge on any atom is 0.262 e. The summed E-state index contributed by atoms with van der Waals surface area (Å²) in [5, 5.41) is 5.12. The Hall–Kier alpha value is -3.70. The largest absolute Gasteiger partial charge is 0.497 e. The Balaban J connectivity index is 1.51. The van der Waals surface area contributed by atoms with Gasteiger partial charge in [0, 0.05) is 33.8 Å². The number of amides is 1.